The second-order valence-corrected chi connectivity index (χ2v) is 5.36. The van der Waals surface area contributed by atoms with Crippen LogP contribution in [-0.4, -0.2) is 21.8 Å². The van der Waals surface area contributed by atoms with Gasteiger partial charge in [-0.1, -0.05) is 0 Å². The van der Waals surface area contributed by atoms with Gasteiger partial charge in [0.25, 0.3) is 0 Å². The van der Waals surface area contributed by atoms with E-state index in [2.05, 4.69) is 49.0 Å². The fourth-order valence-electron chi connectivity index (χ4n) is 2.24. The molecule has 0 aliphatic rings. The first kappa shape index (κ1) is 14.2. The Morgan fingerprint density at radius 3 is 2.89 bits per heavy atom. The van der Waals surface area contributed by atoms with Gasteiger partial charge in [0.05, 0.1) is 17.4 Å². The van der Waals surface area contributed by atoms with E-state index in [9.17, 15) is 0 Å². The molecule has 19 heavy (non-hydrogen) atoms. The van der Waals surface area contributed by atoms with E-state index in [1.807, 2.05) is 32.3 Å². The van der Waals surface area contributed by atoms with Crippen LogP contribution in [0, 0.1) is 6.92 Å². The van der Waals surface area contributed by atoms with Crippen LogP contribution in [0.5, 0.6) is 0 Å². The number of hydrogen-bond acceptors (Lipinski definition) is 3. The molecule has 0 amide bonds. The highest BCUT2D eigenvalue weighted by molar-refractivity contribution is 9.10. The summed E-state index contributed by atoms with van der Waals surface area (Å²) in [7, 11) is 1.96. The minimum absolute atomic E-state index is 0.178. The van der Waals surface area contributed by atoms with E-state index in [1.165, 1.54) is 5.69 Å². The molecule has 0 saturated heterocycles. The third kappa shape index (κ3) is 3.22. The third-order valence-corrected chi connectivity index (χ3v) is 3.83. The molecule has 5 heteroatoms. The van der Waals surface area contributed by atoms with E-state index in [4.69, 9.17) is 0 Å². The predicted octanol–water partition coefficient (Wildman–Crippen LogP) is 2.87. The van der Waals surface area contributed by atoms with Crippen molar-refractivity contribution in [1.82, 2.24) is 20.1 Å². The first-order valence-electron chi connectivity index (χ1n) is 6.46. The number of halogens is 1. The van der Waals surface area contributed by atoms with Gasteiger partial charge in [-0.3, -0.25) is 9.67 Å². The molecule has 1 unspecified atom stereocenters. The Kier molecular flexibility index (Phi) is 4.71. The summed E-state index contributed by atoms with van der Waals surface area (Å²) in [5.41, 5.74) is 3.33. The second kappa shape index (κ2) is 6.30. The lowest BCUT2D eigenvalue weighted by atomic mass is 10.1. The number of aromatic nitrogens is 3. The summed E-state index contributed by atoms with van der Waals surface area (Å²) < 4.78 is 3.09. The van der Waals surface area contributed by atoms with E-state index < -0.39 is 0 Å². The summed E-state index contributed by atoms with van der Waals surface area (Å²) in [6, 6.07) is 6.28. The molecule has 0 fully saturated rings. The topological polar surface area (TPSA) is 42.7 Å². The van der Waals surface area contributed by atoms with Crippen molar-refractivity contribution in [2.75, 3.05) is 7.05 Å². The number of nitrogens with zero attached hydrogens (tertiary/aromatic N) is 3. The lowest BCUT2D eigenvalue weighted by molar-refractivity contribution is 0.530. The fraction of sp³-hybridized carbons (Fsp3) is 0.429. The van der Waals surface area contributed by atoms with Crippen molar-refractivity contribution in [2.45, 2.75) is 32.9 Å². The van der Waals surface area contributed by atoms with E-state index >= 15 is 0 Å². The quantitative estimate of drug-likeness (QED) is 0.920. The van der Waals surface area contributed by atoms with Crippen LogP contribution in [0.1, 0.15) is 30.0 Å². The van der Waals surface area contributed by atoms with Gasteiger partial charge in [0.15, 0.2) is 0 Å². The number of nitrogens with one attached hydrogen (secondary N) is 1. The van der Waals surface area contributed by atoms with Crippen LogP contribution in [0.25, 0.3) is 0 Å². The summed E-state index contributed by atoms with van der Waals surface area (Å²) in [5.74, 6) is 0. The molecule has 2 heterocycles. The van der Waals surface area contributed by atoms with Crippen LogP contribution in [-0.2, 0) is 13.0 Å². The number of likely N-dealkylation sites (N-methyl/N-ethyl adjacent to an activating group) is 1. The van der Waals surface area contributed by atoms with Crippen LogP contribution in [0.15, 0.2) is 28.9 Å². The lowest BCUT2D eigenvalue weighted by Crippen LogP contribution is -2.22. The van der Waals surface area contributed by atoms with E-state index in [1.54, 1.807) is 0 Å². The summed E-state index contributed by atoms with van der Waals surface area (Å²) in [5, 5.41) is 7.82. The Labute approximate surface area is 122 Å². The molecule has 4 nitrogen and oxygen atoms in total. The Balaban J connectivity index is 2.26. The third-order valence-electron chi connectivity index (χ3n) is 3.16. The molecule has 0 spiro atoms. The van der Waals surface area contributed by atoms with Gasteiger partial charge in [0, 0.05) is 29.3 Å². The standard InChI is InChI=1S/C14H19BrN4/c1-4-19-11(8-10(2)18-19)9-13(16-3)14-12(15)6-5-7-17-14/h5-8,13,16H,4,9H2,1-3H3. The molecular weight excluding hydrogens is 304 g/mol. The second-order valence-electron chi connectivity index (χ2n) is 4.51. The van der Waals surface area contributed by atoms with Gasteiger partial charge in [-0.05, 0) is 55.0 Å². The Bertz CT molecular complexity index is 550. The summed E-state index contributed by atoms with van der Waals surface area (Å²) in [4.78, 5) is 4.47. The minimum Gasteiger partial charge on any atom is -0.311 e. The van der Waals surface area contributed by atoms with Gasteiger partial charge in [0.1, 0.15) is 0 Å². The molecule has 0 aliphatic heterocycles. The molecule has 0 radical (unpaired) electrons. The van der Waals surface area contributed by atoms with Crippen LogP contribution < -0.4 is 5.32 Å². The van der Waals surface area contributed by atoms with Crippen molar-refractivity contribution in [2.24, 2.45) is 0 Å². The first-order valence-corrected chi connectivity index (χ1v) is 7.26. The number of pyridine rings is 1. The van der Waals surface area contributed by atoms with Crippen LogP contribution in [0.4, 0.5) is 0 Å². The van der Waals surface area contributed by atoms with E-state index in [-0.39, 0.29) is 6.04 Å². The summed E-state index contributed by atoms with van der Waals surface area (Å²) in [6.45, 7) is 5.03. The molecule has 1 N–H and O–H groups in total. The predicted molar refractivity (Wildman–Crippen MR) is 80.1 cm³/mol. The molecular formula is C14H19BrN4. The molecule has 2 rings (SSSR count). The van der Waals surface area contributed by atoms with Crippen molar-refractivity contribution in [3.63, 3.8) is 0 Å². The molecule has 0 bridgehead atoms. The normalized spacial score (nSPS) is 12.6. The highest BCUT2D eigenvalue weighted by Gasteiger charge is 2.17. The molecule has 102 valence electrons. The van der Waals surface area contributed by atoms with Crippen molar-refractivity contribution in [1.29, 1.82) is 0 Å². The van der Waals surface area contributed by atoms with Crippen LogP contribution >= 0.6 is 15.9 Å². The van der Waals surface area contributed by atoms with E-state index in [0.29, 0.717) is 0 Å². The minimum atomic E-state index is 0.178. The van der Waals surface area contributed by atoms with Gasteiger partial charge in [-0.15, -0.1) is 0 Å². The van der Waals surface area contributed by atoms with Gasteiger partial charge in [-0.2, -0.15) is 5.10 Å². The molecule has 2 aromatic rings. The maximum Gasteiger partial charge on any atom is 0.0718 e. The Hall–Kier alpha value is -1.20. The zero-order valence-corrected chi connectivity index (χ0v) is 13.1. The summed E-state index contributed by atoms with van der Waals surface area (Å²) >= 11 is 3.57. The first-order chi connectivity index (χ1) is 9.15. The van der Waals surface area contributed by atoms with Crippen molar-refractivity contribution >= 4 is 15.9 Å². The lowest BCUT2D eigenvalue weighted by Gasteiger charge is -2.17. The number of aryl methyl sites for hydroxylation is 2. The van der Waals surface area contributed by atoms with Crippen molar-refractivity contribution in [3.8, 4) is 0 Å². The summed E-state index contributed by atoms with van der Waals surface area (Å²) in [6.07, 6.45) is 2.70. The SMILES string of the molecule is CCn1nc(C)cc1CC(NC)c1ncccc1Br. The maximum atomic E-state index is 4.49. The smallest absolute Gasteiger partial charge is 0.0718 e. The number of hydrogen-bond donors (Lipinski definition) is 1. The van der Waals surface area contributed by atoms with Crippen LogP contribution in [0.2, 0.25) is 0 Å². The molecule has 0 aromatic carbocycles. The van der Waals surface area contributed by atoms with Gasteiger partial charge in [0.2, 0.25) is 0 Å². The van der Waals surface area contributed by atoms with E-state index in [0.717, 1.165) is 28.8 Å². The average molecular weight is 323 g/mol. The highest BCUT2D eigenvalue weighted by Crippen LogP contribution is 2.24. The zero-order valence-electron chi connectivity index (χ0n) is 11.5. The largest absolute Gasteiger partial charge is 0.311 e. The molecule has 2 aromatic heterocycles. The van der Waals surface area contributed by atoms with Crippen molar-refractivity contribution in [3.05, 3.63) is 46.0 Å². The zero-order chi connectivity index (χ0) is 13.8. The maximum absolute atomic E-state index is 4.49. The monoisotopic (exact) mass is 322 g/mol. The average Bonchev–Trinajstić information content (AvgIpc) is 2.77. The van der Waals surface area contributed by atoms with Gasteiger partial charge < -0.3 is 5.32 Å². The van der Waals surface area contributed by atoms with Crippen molar-refractivity contribution < 1.29 is 0 Å². The number of rotatable bonds is 5. The van der Waals surface area contributed by atoms with Gasteiger partial charge in [-0.25, -0.2) is 0 Å². The molecule has 1 atom stereocenters. The Morgan fingerprint density at radius 2 is 2.26 bits per heavy atom. The molecule has 0 saturated carbocycles. The Morgan fingerprint density at radius 1 is 1.47 bits per heavy atom. The fourth-order valence-corrected chi connectivity index (χ4v) is 2.77. The van der Waals surface area contributed by atoms with Crippen LogP contribution in [0.3, 0.4) is 0 Å². The van der Waals surface area contributed by atoms with Gasteiger partial charge >= 0.3 is 0 Å². The highest BCUT2D eigenvalue weighted by atomic mass is 79.9. The molecule has 0 aliphatic carbocycles.